The summed E-state index contributed by atoms with van der Waals surface area (Å²) in [4.78, 5) is 17.5. The lowest BCUT2D eigenvalue weighted by molar-refractivity contribution is -0.137. The van der Waals surface area contributed by atoms with E-state index in [0.29, 0.717) is 46.1 Å². The zero-order chi connectivity index (χ0) is 29.3. The summed E-state index contributed by atoms with van der Waals surface area (Å²) in [5.41, 5.74) is 6.86. The Morgan fingerprint density at radius 2 is 1.68 bits per heavy atom. The summed E-state index contributed by atoms with van der Waals surface area (Å²) in [6.07, 6.45) is 0.0886. The van der Waals surface area contributed by atoms with Gasteiger partial charge in [-0.3, -0.25) is 9.78 Å². The van der Waals surface area contributed by atoms with Crippen LogP contribution in [0, 0.1) is 0 Å². The number of halogens is 3. The van der Waals surface area contributed by atoms with Crippen molar-refractivity contribution in [3.05, 3.63) is 59.8 Å². The number of methoxy groups -OCH3 is 3. The fourth-order valence-corrected chi connectivity index (χ4v) is 5.20. The third-order valence-corrected chi connectivity index (χ3v) is 7.33. The molecule has 0 aliphatic heterocycles. The summed E-state index contributed by atoms with van der Waals surface area (Å²) >= 11 is 0. The van der Waals surface area contributed by atoms with Crippen LogP contribution in [0.3, 0.4) is 0 Å². The molecule has 0 saturated heterocycles. The minimum absolute atomic E-state index is 0.117. The summed E-state index contributed by atoms with van der Waals surface area (Å²) in [7, 11) is 4.47. The van der Waals surface area contributed by atoms with E-state index in [1.807, 2.05) is 0 Å². The molecule has 0 bridgehead atoms. The Balaban J connectivity index is 1.59. The third kappa shape index (κ3) is 5.67. The summed E-state index contributed by atoms with van der Waals surface area (Å²) in [6.45, 7) is 0. The van der Waals surface area contributed by atoms with Gasteiger partial charge in [0.25, 0.3) is 5.91 Å². The third-order valence-electron chi connectivity index (χ3n) is 7.33. The number of hydrogen-bond acceptors (Lipinski definition) is 7. The molecule has 216 valence electrons. The van der Waals surface area contributed by atoms with Crippen molar-refractivity contribution in [3.63, 3.8) is 0 Å². The molecule has 1 saturated carbocycles. The molecule has 2 heterocycles. The van der Waals surface area contributed by atoms with E-state index in [4.69, 9.17) is 24.4 Å². The number of amides is 1. The lowest BCUT2D eigenvalue weighted by Crippen LogP contribution is -2.49. The number of nitrogens with zero attached hydrogens (tertiary/aromatic N) is 1. The van der Waals surface area contributed by atoms with Crippen LogP contribution >= 0.6 is 0 Å². The van der Waals surface area contributed by atoms with Crippen LogP contribution in [-0.4, -0.2) is 44.3 Å². The predicted octanol–water partition coefficient (Wildman–Crippen LogP) is 6.21. The Morgan fingerprint density at radius 3 is 2.32 bits per heavy atom. The number of ether oxygens (including phenoxy) is 3. The van der Waals surface area contributed by atoms with Crippen LogP contribution in [0.25, 0.3) is 33.6 Å². The second-order valence-electron chi connectivity index (χ2n) is 9.92. The summed E-state index contributed by atoms with van der Waals surface area (Å²) in [5, 5.41) is 2.83. The number of nitrogens with one attached hydrogen (secondary N) is 1. The minimum atomic E-state index is -4.68. The highest BCUT2D eigenvalue weighted by Crippen LogP contribution is 2.43. The molecule has 41 heavy (non-hydrogen) atoms. The monoisotopic (exact) mass is 569 g/mol. The quantitative estimate of drug-likeness (QED) is 0.273. The molecular formula is C30H30F3N3O5. The number of carbonyl (C=O) groups is 1. The van der Waals surface area contributed by atoms with Crippen LogP contribution in [0.1, 0.15) is 41.6 Å². The van der Waals surface area contributed by atoms with Gasteiger partial charge in [-0.1, -0.05) is 12.8 Å². The number of pyridine rings is 1. The van der Waals surface area contributed by atoms with Crippen molar-refractivity contribution in [2.24, 2.45) is 5.73 Å². The Labute approximate surface area is 234 Å². The molecule has 2 atom stereocenters. The first-order chi connectivity index (χ1) is 19.6. The maximum Gasteiger partial charge on any atom is 0.416 e. The Bertz CT molecular complexity index is 1560. The van der Waals surface area contributed by atoms with Gasteiger partial charge in [0.15, 0.2) is 17.1 Å². The zero-order valence-electron chi connectivity index (χ0n) is 22.8. The Kier molecular flexibility index (Phi) is 7.81. The molecule has 0 radical (unpaired) electrons. The van der Waals surface area contributed by atoms with Crippen molar-refractivity contribution in [1.29, 1.82) is 0 Å². The number of benzene rings is 2. The molecule has 2 aromatic carbocycles. The second-order valence-corrected chi connectivity index (χ2v) is 9.92. The van der Waals surface area contributed by atoms with Gasteiger partial charge in [0, 0.05) is 41.0 Å². The number of furan rings is 1. The van der Waals surface area contributed by atoms with Gasteiger partial charge in [-0.25, -0.2) is 0 Å². The Morgan fingerprint density at radius 1 is 0.976 bits per heavy atom. The van der Waals surface area contributed by atoms with Crippen LogP contribution in [0.15, 0.2) is 53.1 Å². The molecule has 1 fully saturated rings. The molecule has 1 aliphatic rings. The highest BCUT2D eigenvalue weighted by Gasteiger charge is 2.33. The molecule has 1 amide bonds. The number of alkyl halides is 3. The van der Waals surface area contributed by atoms with Crippen LogP contribution < -0.4 is 25.3 Å². The average Bonchev–Trinajstić information content (AvgIpc) is 3.41. The van der Waals surface area contributed by atoms with Gasteiger partial charge in [-0.05, 0) is 54.8 Å². The molecule has 2 unspecified atom stereocenters. The van der Waals surface area contributed by atoms with E-state index in [2.05, 4.69) is 10.3 Å². The van der Waals surface area contributed by atoms with Crippen molar-refractivity contribution in [1.82, 2.24) is 10.3 Å². The van der Waals surface area contributed by atoms with Gasteiger partial charge in [-0.15, -0.1) is 0 Å². The van der Waals surface area contributed by atoms with Gasteiger partial charge < -0.3 is 29.7 Å². The van der Waals surface area contributed by atoms with Crippen molar-refractivity contribution in [2.75, 3.05) is 21.3 Å². The number of aromatic nitrogens is 1. The number of rotatable bonds is 7. The van der Waals surface area contributed by atoms with Crippen LogP contribution in [0.4, 0.5) is 13.2 Å². The molecule has 8 nitrogen and oxygen atoms in total. The SMILES string of the molecule is COc1cc(-c2cc3nccc(-c4cc(C(=O)NC5CCCCC5N)cc(C(F)(F)F)c4)c3o2)cc(OC)c1OC. The number of nitrogens with two attached hydrogens (primary N) is 1. The number of hydrogen-bond donors (Lipinski definition) is 2. The van der Waals surface area contributed by atoms with E-state index in [1.165, 1.54) is 33.6 Å². The van der Waals surface area contributed by atoms with Gasteiger partial charge in [0.1, 0.15) is 11.3 Å². The van der Waals surface area contributed by atoms with Crippen LogP contribution in [-0.2, 0) is 6.18 Å². The standard InChI is InChI=1S/C30H30F3N3O5/c1-38-25-13-17(14-26(39-2)28(25)40-3)24-15-23-27(41-24)20(8-9-35-23)16-10-18(12-19(11-16)30(31,32)33)29(37)36-22-7-5-4-6-21(22)34/h8-15,21-22H,4-7,34H2,1-3H3,(H,36,37). The zero-order valence-corrected chi connectivity index (χ0v) is 22.8. The predicted molar refractivity (Wildman–Crippen MR) is 147 cm³/mol. The fourth-order valence-electron chi connectivity index (χ4n) is 5.20. The second kappa shape index (κ2) is 11.3. The molecule has 3 N–H and O–H groups in total. The smallest absolute Gasteiger partial charge is 0.416 e. The van der Waals surface area contributed by atoms with E-state index in [9.17, 15) is 18.0 Å². The van der Waals surface area contributed by atoms with Gasteiger partial charge in [-0.2, -0.15) is 13.2 Å². The molecule has 2 aromatic heterocycles. The lowest BCUT2D eigenvalue weighted by Gasteiger charge is -2.29. The molecule has 1 aliphatic carbocycles. The average molecular weight is 570 g/mol. The highest BCUT2D eigenvalue weighted by molar-refractivity contribution is 5.98. The molecule has 0 spiro atoms. The van der Waals surface area contributed by atoms with Crippen LogP contribution in [0.5, 0.6) is 17.2 Å². The van der Waals surface area contributed by atoms with E-state index >= 15 is 0 Å². The maximum atomic E-state index is 14.0. The maximum absolute atomic E-state index is 14.0. The van der Waals surface area contributed by atoms with Crippen molar-refractivity contribution in [3.8, 4) is 39.7 Å². The molecule has 5 rings (SSSR count). The molecule has 4 aromatic rings. The topological polar surface area (TPSA) is 109 Å². The van der Waals surface area contributed by atoms with E-state index < -0.39 is 17.6 Å². The van der Waals surface area contributed by atoms with E-state index in [0.717, 1.165) is 31.4 Å². The first kappa shape index (κ1) is 28.3. The fraction of sp³-hybridized carbons (Fsp3) is 0.333. The summed E-state index contributed by atoms with van der Waals surface area (Å²) in [6, 6.07) is 9.36. The highest BCUT2D eigenvalue weighted by atomic mass is 19.4. The minimum Gasteiger partial charge on any atom is -0.493 e. The van der Waals surface area contributed by atoms with Gasteiger partial charge in [0.2, 0.25) is 5.75 Å². The largest absolute Gasteiger partial charge is 0.493 e. The first-order valence-corrected chi connectivity index (χ1v) is 13.1. The van der Waals surface area contributed by atoms with E-state index in [-0.39, 0.29) is 28.8 Å². The summed E-state index contributed by atoms with van der Waals surface area (Å²) in [5.74, 6) is 0.985. The molecular weight excluding hydrogens is 539 g/mol. The van der Waals surface area contributed by atoms with Crippen molar-refractivity contribution in [2.45, 2.75) is 43.9 Å². The number of carbonyl (C=O) groups excluding carboxylic acids is 1. The summed E-state index contributed by atoms with van der Waals surface area (Å²) < 4.78 is 64.3. The van der Waals surface area contributed by atoms with Crippen LogP contribution in [0.2, 0.25) is 0 Å². The van der Waals surface area contributed by atoms with E-state index in [1.54, 1.807) is 24.3 Å². The Hall–Kier alpha value is -4.25. The lowest BCUT2D eigenvalue weighted by atomic mass is 9.90. The molecule has 11 heteroatoms. The number of fused-ring (bicyclic) bond motifs is 1. The first-order valence-electron chi connectivity index (χ1n) is 13.1. The van der Waals surface area contributed by atoms with Gasteiger partial charge in [0.05, 0.1) is 26.9 Å². The normalized spacial score (nSPS) is 17.3. The van der Waals surface area contributed by atoms with Crippen molar-refractivity contribution >= 4 is 17.0 Å². The van der Waals surface area contributed by atoms with Gasteiger partial charge >= 0.3 is 6.18 Å². The van der Waals surface area contributed by atoms with Crippen molar-refractivity contribution < 1.29 is 36.6 Å².